The number of aromatic nitrogens is 2. The Morgan fingerprint density at radius 1 is 1.42 bits per heavy atom. The smallest absolute Gasteiger partial charge is 0.261 e. The first-order valence-electron chi connectivity index (χ1n) is 9.95. The lowest BCUT2D eigenvalue weighted by molar-refractivity contribution is -0.112. The zero-order chi connectivity index (χ0) is 22.8. The van der Waals surface area contributed by atoms with Crippen molar-refractivity contribution in [3.05, 3.63) is 40.1 Å². The Balaban J connectivity index is 1.77. The van der Waals surface area contributed by atoms with Crippen molar-refractivity contribution in [2.45, 2.75) is 45.3 Å². The number of allylic oxidation sites excluding steroid dienone is 3. The minimum atomic E-state index is -0.673. The fourth-order valence-electron chi connectivity index (χ4n) is 3.47. The number of oxime groups is 1. The second-order valence-electron chi connectivity index (χ2n) is 8.27. The molecule has 1 aromatic carbocycles. The molecule has 0 bridgehead atoms. The summed E-state index contributed by atoms with van der Waals surface area (Å²) in [5.74, 6) is 0.516. The maximum Gasteiger partial charge on any atom is 0.261 e. The summed E-state index contributed by atoms with van der Waals surface area (Å²) in [5, 5.41) is 30.3. The van der Waals surface area contributed by atoms with E-state index in [2.05, 4.69) is 15.6 Å². The number of fused-ring (bicyclic) bond motifs is 1. The molecule has 8 nitrogen and oxygen atoms in total. The zero-order valence-corrected chi connectivity index (χ0v) is 20.1. The Bertz CT molecular complexity index is 1060. The van der Waals surface area contributed by atoms with Crippen LogP contribution in [0.15, 0.2) is 45.3 Å². The van der Waals surface area contributed by atoms with Gasteiger partial charge in [0.2, 0.25) is 0 Å². The number of amides is 1. The second kappa shape index (κ2) is 9.39. The molecule has 1 aliphatic rings. The van der Waals surface area contributed by atoms with Crippen molar-refractivity contribution in [2.75, 3.05) is 12.4 Å². The summed E-state index contributed by atoms with van der Waals surface area (Å²) in [6.45, 7) is 5.34. The molecular formula is C22H27IN4O4. The first kappa shape index (κ1) is 23.3. The van der Waals surface area contributed by atoms with E-state index < -0.39 is 5.60 Å². The molecule has 31 heavy (non-hydrogen) atoms. The lowest BCUT2D eigenvalue weighted by Gasteiger charge is -2.42. The average molecular weight is 538 g/mol. The lowest BCUT2D eigenvalue weighted by Crippen LogP contribution is -2.41. The molecule has 1 fully saturated rings. The number of nitrogens with zero attached hydrogens (tertiary/aromatic N) is 3. The van der Waals surface area contributed by atoms with Gasteiger partial charge < -0.3 is 20.4 Å². The number of benzene rings is 1. The van der Waals surface area contributed by atoms with Crippen LogP contribution in [0.1, 0.15) is 39.7 Å². The van der Waals surface area contributed by atoms with Gasteiger partial charge in [0.15, 0.2) is 0 Å². The average Bonchev–Trinajstić information content (AvgIpc) is 3.06. The summed E-state index contributed by atoms with van der Waals surface area (Å²) >= 11 is 1.95. The molecule has 0 radical (unpaired) electrons. The first-order chi connectivity index (χ1) is 14.6. The highest BCUT2D eigenvalue weighted by atomic mass is 127. The number of carbonyl (C=O) groups excluding carboxylic acids is 1. The number of aliphatic hydroxyl groups is 1. The van der Waals surface area contributed by atoms with Gasteiger partial charge in [0.1, 0.15) is 5.75 Å². The summed E-state index contributed by atoms with van der Waals surface area (Å²) in [6.07, 6.45) is 8.60. The van der Waals surface area contributed by atoms with E-state index in [1.54, 1.807) is 32.3 Å². The van der Waals surface area contributed by atoms with Crippen molar-refractivity contribution in [2.24, 2.45) is 11.1 Å². The summed E-state index contributed by atoms with van der Waals surface area (Å²) in [6, 6.07) is 3.92. The third-order valence-electron chi connectivity index (χ3n) is 5.53. The summed E-state index contributed by atoms with van der Waals surface area (Å²) in [5.41, 5.74) is 1.11. The molecular weight excluding hydrogens is 511 g/mol. The minimum absolute atomic E-state index is 0.259. The molecule has 1 heterocycles. The molecule has 3 rings (SSSR count). The number of halogens is 1. The standard InChI is InChI=1S/C22H27IN4O4/c1-13(26-30)6-5-7-17(23)21(28)24-19-8-14-12-27(25-18(14)11-20(19)31-4)16-9-15(10-16)22(2,3)29/h5-8,11-12,15-16,29-30H,9-10H2,1-4H3,(H,24,28)/b6-5-,17-7-,26-13+/t15-,16+. The van der Waals surface area contributed by atoms with Gasteiger partial charge in [0.05, 0.1) is 39.2 Å². The minimum Gasteiger partial charge on any atom is -0.494 e. The largest absolute Gasteiger partial charge is 0.494 e. The Morgan fingerprint density at radius 2 is 2.13 bits per heavy atom. The summed E-state index contributed by atoms with van der Waals surface area (Å²) < 4.78 is 7.86. The lowest BCUT2D eigenvalue weighted by atomic mass is 9.71. The highest BCUT2D eigenvalue weighted by Crippen LogP contribution is 2.44. The molecule has 166 valence electrons. The predicted octanol–water partition coefficient (Wildman–Crippen LogP) is 4.43. The summed E-state index contributed by atoms with van der Waals surface area (Å²) in [4.78, 5) is 12.6. The fourth-order valence-corrected chi connectivity index (χ4v) is 3.81. The van der Waals surface area contributed by atoms with Gasteiger partial charge >= 0.3 is 0 Å². The molecule has 0 aliphatic heterocycles. The number of ether oxygens (including phenoxy) is 1. The topological polar surface area (TPSA) is 109 Å². The molecule has 9 heteroatoms. The molecule has 3 N–H and O–H groups in total. The van der Waals surface area contributed by atoms with Crippen molar-refractivity contribution >= 4 is 50.8 Å². The number of hydrogen-bond donors (Lipinski definition) is 3. The van der Waals surface area contributed by atoms with Crippen LogP contribution in [0.25, 0.3) is 10.9 Å². The van der Waals surface area contributed by atoms with Gasteiger partial charge in [-0.15, -0.1) is 0 Å². The normalized spacial score (nSPS) is 20.2. The Hall–Kier alpha value is -2.40. The SMILES string of the molecule is COc1cc2nn([C@H]3C[C@@H](C(C)(C)O)C3)cc2cc1NC(=O)/C(I)=C/C=C\C(C)=N\O. The van der Waals surface area contributed by atoms with Gasteiger partial charge in [0, 0.05) is 17.6 Å². The van der Waals surface area contributed by atoms with Crippen molar-refractivity contribution in [3.63, 3.8) is 0 Å². The zero-order valence-electron chi connectivity index (χ0n) is 18.0. The predicted molar refractivity (Wildman–Crippen MR) is 129 cm³/mol. The number of nitrogens with one attached hydrogen (secondary N) is 1. The summed E-state index contributed by atoms with van der Waals surface area (Å²) in [7, 11) is 1.55. The third-order valence-corrected chi connectivity index (χ3v) is 6.38. The number of rotatable bonds is 7. The molecule has 1 aromatic heterocycles. The van der Waals surface area contributed by atoms with E-state index in [1.165, 1.54) is 0 Å². The van der Waals surface area contributed by atoms with Gasteiger partial charge in [0.25, 0.3) is 5.91 Å². The quantitative estimate of drug-likeness (QED) is 0.121. The first-order valence-corrected chi connectivity index (χ1v) is 11.0. The van der Waals surface area contributed by atoms with Crippen LogP contribution in [0.2, 0.25) is 0 Å². The molecule has 0 unspecified atom stereocenters. The number of methoxy groups -OCH3 is 1. The van der Waals surface area contributed by atoms with E-state index >= 15 is 0 Å². The number of hydrogen-bond acceptors (Lipinski definition) is 6. The molecule has 0 atom stereocenters. The maximum absolute atomic E-state index is 12.6. The van der Waals surface area contributed by atoms with Crippen molar-refractivity contribution in [1.82, 2.24) is 9.78 Å². The van der Waals surface area contributed by atoms with Crippen molar-refractivity contribution in [1.29, 1.82) is 0 Å². The molecule has 1 aliphatic carbocycles. The fraction of sp³-hybridized carbons (Fsp3) is 0.409. The molecule has 2 aromatic rings. The Kier molecular flexibility index (Phi) is 7.05. The molecule has 1 saturated carbocycles. The van der Waals surface area contributed by atoms with E-state index in [9.17, 15) is 9.90 Å². The van der Waals surface area contributed by atoms with Gasteiger partial charge in [-0.25, -0.2) is 0 Å². The van der Waals surface area contributed by atoms with E-state index in [1.807, 2.05) is 59.4 Å². The van der Waals surface area contributed by atoms with E-state index in [4.69, 9.17) is 9.94 Å². The van der Waals surface area contributed by atoms with Crippen LogP contribution in [0.3, 0.4) is 0 Å². The van der Waals surface area contributed by atoms with Gasteiger partial charge in [-0.3, -0.25) is 9.48 Å². The van der Waals surface area contributed by atoms with Gasteiger partial charge in [-0.2, -0.15) is 5.10 Å². The highest BCUT2D eigenvalue weighted by molar-refractivity contribution is 14.1. The number of anilines is 1. The van der Waals surface area contributed by atoms with Crippen LogP contribution in [0.5, 0.6) is 5.75 Å². The van der Waals surface area contributed by atoms with Crippen LogP contribution in [-0.2, 0) is 4.79 Å². The van der Waals surface area contributed by atoms with Crippen LogP contribution < -0.4 is 10.1 Å². The Morgan fingerprint density at radius 3 is 2.74 bits per heavy atom. The van der Waals surface area contributed by atoms with Crippen LogP contribution in [-0.4, -0.2) is 44.4 Å². The van der Waals surface area contributed by atoms with Crippen LogP contribution in [0.4, 0.5) is 5.69 Å². The third kappa shape index (κ3) is 5.45. The van der Waals surface area contributed by atoms with Crippen molar-refractivity contribution in [3.8, 4) is 5.75 Å². The van der Waals surface area contributed by atoms with E-state index in [-0.39, 0.29) is 17.9 Å². The van der Waals surface area contributed by atoms with Crippen LogP contribution >= 0.6 is 22.6 Å². The van der Waals surface area contributed by atoms with E-state index in [0.717, 1.165) is 23.7 Å². The number of carbonyl (C=O) groups is 1. The monoisotopic (exact) mass is 538 g/mol. The molecule has 1 amide bonds. The van der Waals surface area contributed by atoms with Crippen LogP contribution in [0, 0.1) is 5.92 Å². The van der Waals surface area contributed by atoms with Gasteiger partial charge in [-0.1, -0.05) is 11.2 Å². The van der Waals surface area contributed by atoms with Crippen molar-refractivity contribution < 1.29 is 19.8 Å². The highest BCUT2D eigenvalue weighted by Gasteiger charge is 2.40. The molecule has 0 saturated heterocycles. The second-order valence-corrected chi connectivity index (χ2v) is 9.43. The molecule has 0 spiro atoms. The Labute approximate surface area is 194 Å². The maximum atomic E-state index is 12.6. The van der Waals surface area contributed by atoms with Gasteiger partial charge in [-0.05, 0) is 80.3 Å². The van der Waals surface area contributed by atoms with E-state index in [0.29, 0.717) is 20.7 Å².